The highest BCUT2D eigenvalue weighted by molar-refractivity contribution is 5.39. The molecule has 0 bridgehead atoms. The van der Waals surface area contributed by atoms with Crippen LogP contribution in [-0.4, -0.2) is 18.8 Å². The Labute approximate surface area is 115 Å². The van der Waals surface area contributed by atoms with Gasteiger partial charge in [0.25, 0.3) is 0 Å². The van der Waals surface area contributed by atoms with Crippen LogP contribution in [0.1, 0.15) is 37.7 Å². The highest BCUT2D eigenvalue weighted by atomic mass is 16.5. The zero-order valence-electron chi connectivity index (χ0n) is 11.6. The van der Waals surface area contributed by atoms with Crippen LogP contribution in [0, 0.1) is 0 Å². The zero-order chi connectivity index (χ0) is 13.5. The topological polar surface area (TPSA) is 41.5 Å². The first-order valence-corrected chi connectivity index (χ1v) is 7.04. The fraction of sp³-hybridized carbons (Fsp3) is 0.500. The largest absolute Gasteiger partial charge is 0.508 e. The van der Waals surface area contributed by atoms with E-state index in [9.17, 15) is 5.11 Å². The van der Waals surface area contributed by atoms with Gasteiger partial charge < -0.3 is 15.2 Å². The third-order valence-electron chi connectivity index (χ3n) is 3.61. The van der Waals surface area contributed by atoms with E-state index >= 15 is 0 Å². The molecule has 0 unspecified atom stereocenters. The molecule has 0 saturated heterocycles. The number of phenolic OH excluding ortho intramolecular Hbond substituents is 1. The summed E-state index contributed by atoms with van der Waals surface area (Å²) in [7, 11) is 1.64. The SMILES string of the molecule is COc1ccc(O)c(CNCCC2=CCCCC2)c1. The molecule has 3 heteroatoms. The molecule has 0 radical (unpaired) electrons. The Bertz CT molecular complexity index is 440. The summed E-state index contributed by atoms with van der Waals surface area (Å²) in [5.41, 5.74) is 2.46. The number of rotatable bonds is 6. The minimum Gasteiger partial charge on any atom is -0.508 e. The van der Waals surface area contributed by atoms with Crippen molar-refractivity contribution in [2.45, 2.75) is 38.6 Å². The van der Waals surface area contributed by atoms with Crippen LogP contribution in [0.25, 0.3) is 0 Å². The first-order valence-electron chi connectivity index (χ1n) is 7.04. The molecule has 0 aliphatic heterocycles. The first-order chi connectivity index (χ1) is 9.29. The van der Waals surface area contributed by atoms with Crippen molar-refractivity contribution in [1.82, 2.24) is 5.32 Å². The summed E-state index contributed by atoms with van der Waals surface area (Å²) in [5.74, 6) is 1.11. The van der Waals surface area contributed by atoms with E-state index in [0.29, 0.717) is 12.3 Å². The molecule has 0 saturated carbocycles. The average Bonchev–Trinajstić information content (AvgIpc) is 2.46. The van der Waals surface area contributed by atoms with Gasteiger partial charge in [-0.3, -0.25) is 0 Å². The molecule has 0 spiro atoms. The first kappa shape index (κ1) is 13.9. The van der Waals surface area contributed by atoms with Gasteiger partial charge in [-0.1, -0.05) is 11.6 Å². The molecular formula is C16H23NO2. The number of ether oxygens (including phenoxy) is 1. The highest BCUT2D eigenvalue weighted by Crippen LogP contribution is 2.23. The molecule has 19 heavy (non-hydrogen) atoms. The van der Waals surface area contributed by atoms with Gasteiger partial charge in [-0.2, -0.15) is 0 Å². The fourth-order valence-electron chi connectivity index (χ4n) is 2.43. The summed E-state index contributed by atoms with van der Waals surface area (Å²) in [6.45, 7) is 1.64. The Morgan fingerprint density at radius 1 is 1.32 bits per heavy atom. The summed E-state index contributed by atoms with van der Waals surface area (Å²) in [4.78, 5) is 0. The maximum atomic E-state index is 9.77. The summed E-state index contributed by atoms with van der Waals surface area (Å²) in [6.07, 6.45) is 8.67. The second kappa shape index (κ2) is 7.19. The van der Waals surface area contributed by atoms with Crippen LogP contribution in [0.5, 0.6) is 11.5 Å². The Kier molecular flexibility index (Phi) is 5.28. The van der Waals surface area contributed by atoms with Gasteiger partial charge in [0.05, 0.1) is 7.11 Å². The van der Waals surface area contributed by atoms with Gasteiger partial charge in [0.1, 0.15) is 11.5 Å². The van der Waals surface area contributed by atoms with Crippen LogP contribution < -0.4 is 10.1 Å². The van der Waals surface area contributed by atoms with Crippen molar-refractivity contribution in [3.05, 3.63) is 35.4 Å². The van der Waals surface area contributed by atoms with E-state index in [2.05, 4.69) is 11.4 Å². The monoisotopic (exact) mass is 261 g/mol. The van der Waals surface area contributed by atoms with E-state index in [0.717, 1.165) is 24.3 Å². The van der Waals surface area contributed by atoms with Crippen LogP contribution in [-0.2, 0) is 6.54 Å². The van der Waals surface area contributed by atoms with Crippen LogP contribution in [0.15, 0.2) is 29.8 Å². The number of aromatic hydroxyl groups is 1. The summed E-state index contributed by atoms with van der Waals surface area (Å²) in [6, 6.07) is 5.33. The lowest BCUT2D eigenvalue weighted by atomic mass is 9.97. The van der Waals surface area contributed by atoms with Crippen LogP contribution in [0.2, 0.25) is 0 Å². The van der Waals surface area contributed by atoms with Gasteiger partial charge in [-0.05, 0) is 56.8 Å². The van der Waals surface area contributed by atoms with Gasteiger partial charge in [-0.15, -0.1) is 0 Å². The van der Waals surface area contributed by atoms with Crippen molar-refractivity contribution in [3.8, 4) is 11.5 Å². The van der Waals surface area contributed by atoms with Crippen molar-refractivity contribution in [1.29, 1.82) is 0 Å². The molecule has 1 aliphatic rings. The predicted octanol–water partition coefficient (Wildman–Crippen LogP) is 3.38. The summed E-state index contributed by atoms with van der Waals surface area (Å²) in [5, 5.41) is 13.2. The molecule has 104 valence electrons. The molecule has 1 aliphatic carbocycles. The maximum absolute atomic E-state index is 9.77. The van der Waals surface area contributed by atoms with Gasteiger partial charge >= 0.3 is 0 Å². The third-order valence-corrected chi connectivity index (χ3v) is 3.61. The van der Waals surface area contributed by atoms with E-state index in [1.54, 1.807) is 24.8 Å². The Morgan fingerprint density at radius 3 is 2.95 bits per heavy atom. The minimum absolute atomic E-state index is 0.324. The molecular weight excluding hydrogens is 238 g/mol. The van der Waals surface area contributed by atoms with Gasteiger partial charge in [0, 0.05) is 12.1 Å². The second-order valence-corrected chi connectivity index (χ2v) is 5.03. The fourth-order valence-corrected chi connectivity index (χ4v) is 2.43. The maximum Gasteiger partial charge on any atom is 0.120 e. The van der Waals surface area contributed by atoms with E-state index in [4.69, 9.17) is 4.74 Å². The number of hydrogen-bond donors (Lipinski definition) is 2. The summed E-state index contributed by atoms with van der Waals surface area (Å²) >= 11 is 0. The minimum atomic E-state index is 0.324. The third kappa shape index (κ3) is 4.28. The van der Waals surface area contributed by atoms with Gasteiger partial charge in [-0.25, -0.2) is 0 Å². The molecule has 2 N–H and O–H groups in total. The molecule has 0 atom stereocenters. The second-order valence-electron chi connectivity index (χ2n) is 5.03. The molecule has 2 rings (SSSR count). The standard InChI is InChI=1S/C16H23NO2/c1-19-15-7-8-16(18)14(11-15)12-17-10-9-13-5-3-2-4-6-13/h5,7-8,11,17-18H,2-4,6,9-10,12H2,1H3. The molecule has 0 amide bonds. The number of methoxy groups -OCH3 is 1. The molecule has 3 nitrogen and oxygen atoms in total. The van der Waals surface area contributed by atoms with E-state index in [-0.39, 0.29) is 0 Å². The quantitative estimate of drug-likeness (QED) is 0.609. The van der Waals surface area contributed by atoms with Crippen molar-refractivity contribution in [3.63, 3.8) is 0 Å². The Hall–Kier alpha value is -1.48. The van der Waals surface area contributed by atoms with E-state index in [1.807, 2.05) is 6.07 Å². The van der Waals surface area contributed by atoms with Crippen LogP contribution in [0.4, 0.5) is 0 Å². The smallest absolute Gasteiger partial charge is 0.120 e. The number of nitrogens with one attached hydrogen (secondary N) is 1. The van der Waals surface area contributed by atoms with Crippen molar-refractivity contribution < 1.29 is 9.84 Å². The molecule has 0 fully saturated rings. The molecule has 1 aromatic carbocycles. The Morgan fingerprint density at radius 2 is 2.21 bits per heavy atom. The number of hydrogen-bond acceptors (Lipinski definition) is 3. The molecule has 1 aromatic rings. The van der Waals surface area contributed by atoms with Crippen molar-refractivity contribution in [2.24, 2.45) is 0 Å². The Balaban J connectivity index is 1.77. The van der Waals surface area contributed by atoms with Crippen molar-refractivity contribution in [2.75, 3.05) is 13.7 Å². The lowest BCUT2D eigenvalue weighted by Crippen LogP contribution is -2.15. The lowest BCUT2D eigenvalue weighted by molar-refractivity contribution is 0.410. The molecule has 0 heterocycles. The number of benzene rings is 1. The van der Waals surface area contributed by atoms with Crippen LogP contribution >= 0.6 is 0 Å². The number of phenols is 1. The number of allylic oxidation sites excluding steroid dienone is 1. The average molecular weight is 261 g/mol. The molecule has 0 aromatic heterocycles. The predicted molar refractivity (Wildman–Crippen MR) is 77.5 cm³/mol. The lowest BCUT2D eigenvalue weighted by Gasteiger charge is -2.13. The van der Waals surface area contributed by atoms with Gasteiger partial charge in [0.15, 0.2) is 0 Å². The van der Waals surface area contributed by atoms with Crippen molar-refractivity contribution >= 4 is 0 Å². The van der Waals surface area contributed by atoms with Crippen LogP contribution in [0.3, 0.4) is 0 Å². The van der Waals surface area contributed by atoms with E-state index < -0.39 is 0 Å². The van der Waals surface area contributed by atoms with E-state index in [1.165, 1.54) is 25.7 Å². The highest BCUT2D eigenvalue weighted by Gasteiger charge is 2.05. The van der Waals surface area contributed by atoms with Gasteiger partial charge in [0.2, 0.25) is 0 Å². The summed E-state index contributed by atoms with van der Waals surface area (Å²) < 4.78 is 5.16. The normalized spacial score (nSPS) is 15.1. The zero-order valence-corrected chi connectivity index (χ0v) is 11.6.